The van der Waals surface area contributed by atoms with Crippen LogP contribution in [0.4, 0.5) is 0 Å². The summed E-state index contributed by atoms with van der Waals surface area (Å²) >= 11 is 0. The van der Waals surface area contributed by atoms with E-state index in [0.29, 0.717) is 13.1 Å². The van der Waals surface area contributed by atoms with E-state index in [2.05, 4.69) is 4.90 Å². The van der Waals surface area contributed by atoms with Crippen molar-refractivity contribution in [2.45, 2.75) is 13.5 Å². The molecule has 0 amide bonds. The molecule has 1 aromatic carbocycles. The summed E-state index contributed by atoms with van der Waals surface area (Å²) in [7, 11) is 0.196. The van der Waals surface area contributed by atoms with Gasteiger partial charge in [0.15, 0.2) is 0 Å². The van der Waals surface area contributed by atoms with Crippen LogP contribution in [-0.2, 0) is 26.2 Å². The average Bonchev–Trinajstić information content (AvgIpc) is 2.69. The topological polar surface area (TPSA) is 134 Å². The molecule has 0 aromatic heterocycles. The number of benzene rings is 1. The fraction of sp³-hybridized carbons (Fsp3) is 0.529. The molecule has 11 heteroatoms. The van der Waals surface area contributed by atoms with Crippen molar-refractivity contribution in [2.75, 3.05) is 46.2 Å². The minimum atomic E-state index is -3.07. The lowest BCUT2D eigenvalue weighted by Gasteiger charge is -2.34. The molecule has 0 bridgehead atoms. The zero-order valence-corrected chi connectivity index (χ0v) is 16.9. The predicted molar refractivity (Wildman–Crippen MR) is 101 cm³/mol. The van der Waals surface area contributed by atoms with Gasteiger partial charge in [0.1, 0.15) is 11.5 Å². The first-order valence-corrected chi connectivity index (χ1v) is 10.1. The summed E-state index contributed by atoms with van der Waals surface area (Å²) in [4.78, 5) is 20.4. The highest BCUT2D eigenvalue weighted by atomic mass is 32.2. The van der Waals surface area contributed by atoms with Gasteiger partial charge >= 0.3 is 11.9 Å². The van der Waals surface area contributed by atoms with Crippen molar-refractivity contribution in [3.05, 3.63) is 23.8 Å². The summed E-state index contributed by atoms with van der Waals surface area (Å²) < 4.78 is 35.9. The fourth-order valence-corrected chi connectivity index (χ4v) is 3.66. The smallest absolute Gasteiger partial charge is 0.414 e. The van der Waals surface area contributed by atoms with Crippen LogP contribution in [0.2, 0.25) is 0 Å². The summed E-state index contributed by atoms with van der Waals surface area (Å²) in [6, 6.07) is 5.77. The first-order valence-electron chi connectivity index (χ1n) is 8.51. The second-order valence-electron chi connectivity index (χ2n) is 5.86. The second kappa shape index (κ2) is 10.8. The van der Waals surface area contributed by atoms with Gasteiger partial charge in [0, 0.05) is 44.4 Å². The molecule has 0 radical (unpaired) electrons. The van der Waals surface area contributed by atoms with Crippen LogP contribution in [-0.4, -0.2) is 85.9 Å². The Kier molecular flexibility index (Phi) is 9.16. The van der Waals surface area contributed by atoms with Crippen LogP contribution in [0.5, 0.6) is 11.5 Å². The highest BCUT2D eigenvalue weighted by Crippen LogP contribution is 2.26. The van der Waals surface area contributed by atoms with Crippen molar-refractivity contribution in [2.24, 2.45) is 0 Å². The monoisotopic (exact) mass is 418 g/mol. The van der Waals surface area contributed by atoms with Gasteiger partial charge in [-0.2, -0.15) is 4.31 Å². The number of hydrogen-bond acceptors (Lipinski definition) is 7. The molecule has 0 unspecified atom stereocenters. The summed E-state index contributed by atoms with van der Waals surface area (Å²) in [5.74, 6) is -1.92. The molecule has 1 saturated heterocycles. The van der Waals surface area contributed by atoms with Crippen molar-refractivity contribution >= 4 is 22.0 Å². The highest BCUT2D eigenvalue weighted by Gasteiger charge is 2.25. The first-order chi connectivity index (χ1) is 13.1. The number of nitrogens with zero attached hydrogens (tertiary/aromatic N) is 2. The fourth-order valence-electron chi connectivity index (χ4n) is 2.57. The van der Waals surface area contributed by atoms with E-state index in [1.165, 1.54) is 0 Å². The number of rotatable bonds is 6. The van der Waals surface area contributed by atoms with Crippen molar-refractivity contribution in [3.63, 3.8) is 0 Å². The Morgan fingerprint density at radius 3 is 2.04 bits per heavy atom. The van der Waals surface area contributed by atoms with Crippen LogP contribution in [0.25, 0.3) is 0 Å². The minimum Gasteiger partial charge on any atom is -0.497 e. The van der Waals surface area contributed by atoms with Crippen molar-refractivity contribution < 1.29 is 37.7 Å². The Bertz CT molecular complexity index is 761. The molecular formula is C17H26N2O8S. The minimum absolute atomic E-state index is 0.166. The van der Waals surface area contributed by atoms with E-state index < -0.39 is 22.0 Å². The van der Waals surface area contributed by atoms with Crippen LogP contribution in [0.15, 0.2) is 18.2 Å². The Balaban J connectivity index is 0.000000568. The second-order valence-corrected chi connectivity index (χ2v) is 8.12. The number of hydrogen-bond donors (Lipinski definition) is 2. The molecule has 1 fully saturated rings. The Hall–Kier alpha value is -2.37. The maximum Gasteiger partial charge on any atom is 0.414 e. The normalized spacial score (nSPS) is 15.2. The van der Waals surface area contributed by atoms with E-state index in [1.54, 1.807) is 25.4 Å². The molecular weight excluding hydrogens is 392 g/mol. The molecule has 0 aliphatic carbocycles. The maximum absolute atomic E-state index is 11.9. The van der Waals surface area contributed by atoms with Crippen LogP contribution < -0.4 is 9.47 Å². The lowest BCUT2D eigenvalue weighted by Crippen LogP contribution is -2.48. The molecule has 10 nitrogen and oxygen atoms in total. The van der Waals surface area contributed by atoms with Crippen molar-refractivity contribution in [1.29, 1.82) is 0 Å². The van der Waals surface area contributed by atoms with Crippen LogP contribution in [0, 0.1) is 0 Å². The standard InChI is InChI=1S/C15H24N2O4S.C2H2O4/c1-4-22(18,19)17-9-7-16(8-10-17)12-13-5-6-14(20-2)11-15(13)21-3;3-1(4)2(5)6/h5-6,11H,4,7-10,12H2,1-3H3;(H,3,4)(H,5,6). The number of ether oxygens (including phenoxy) is 2. The third-order valence-electron chi connectivity index (χ3n) is 4.16. The third kappa shape index (κ3) is 6.98. The van der Waals surface area contributed by atoms with Crippen LogP contribution in [0.3, 0.4) is 0 Å². The summed E-state index contributed by atoms with van der Waals surface area (Å²) in [6.45, 7) is 4.99. The van der Waals surface area contributed by atoms with E-state index in [-0.39, 0.29) is 5.75 Å². The van der Waals surface area contributed by atoms with Crippen LogP contribution in [0.1, 0.15) is 12.5 Å². The van der Waals surface area contributed by atoms with E-state index in [1.807, 2.05) is 18.2 Å². The average molecular weight is 418 g/mol. The molecule has 0 spiro atoms. The Morgan fingerprint density at radius 1 is 1.04 bits per heavy atom. The molecule has 1 heterocycles. The SMILES string of the molecule is CCS(=O)(=O)N1CCN(Cc2ccc(OC)cc2OC)CC1.O=C(O)C(=O)O. The predicted octanol–water partition coefficient (Wildman–Crippen LogP) is 0.327. The number of sulfonamides is 1. The summed E-state index contributed by atoms with van der Waals surface area (Å²) in [6.07, 6.45) is 0. The molecule has 1 aromatic rings. The number of aliphatic carboxylic acids is 2. The largest absolute Gasteiger partial charge is 0.497 e. The molecule has 0 atom stereocenters. The molecule has 28 heavy (non-hydrogen) atoms. The quantitative estimate of drug-likeness (QED) is 0.627. The first kappa shape index (κ1) is 23.7. The van der Waals surface area contributed by atoms with Gasteiger partial charge in [-0.3, -0.25) is 4.90 Å². The number of methoxy groups -OCH3 is 2. The van der Waals surface area contributed by atoms with Gasteiger partial charge in [-0.1, -0.05) is 6.07 Å². The number of carboxylic acid groups (broad SMARTS) is 2. The van der Waals surface area contributed by atoms with Crippen LogP contribution >= 0.6 is 0 Å². The number of piperazine rings is 1. The summed E-state index contributed by atoms with van der Waals surface area (Å²) in [5.41, 5.74) is 1.08. The lowest BCUT2D eigenvalue weighted by molar-refractivity contribution is -0.159. The zero-order valence-electron chi connectivity index (χ0n) is 16.1. The van der Waals surface area contributed by atoms with E-state index >= 15 is 0 Å². The van der Waals surface area contributed by atoms with Gasteiger partial charge in [-0.25, -0.2) is 18.0 Å². The van der Waals surface area contributed by atoms with Gasteiger partial charge < -0.3 is 19.7 Å². The molecule has 2 rings (SSSR count). The summed E-state index contributed by atoms with van der Waals surface area (Å²) in [5, 5.41) is 14.8. The zero-order chi connectivity index (χ0) is 21.3. The molecule has 2 N–H and O–H groups in total. The Labute approximate surface area is 164 Å². The maximum atomic E-state index is 11.9. The van der Waals surface area contributed by atoms with Gasteiger partial charge in [0.05, 0.1) is 20.0 Å². The Morgan fingerprint density at radius 2 is 1.61 bits per heavy atom. The van der Waals surface area contributed by atoms with Crippen molar-refractivity contribution in [1.82, 2.24) is 9.21 Å². The molecule has 158 valence electrons. The highest BCUT2D eigenvalue weighted by molar-refractivity contribution is 7.89. The number of carboxylic acids is 2. The lowest BCUT2D eigenvalue weighted by atomic mass is 10.1. The molecule has 0 saturated carbocycles. The molecule has 1 aliphatic heterocycles. The third-order valence-corrected chi connectivity index (χ3v) is 6.04. The van der Waals surface area contributed by atoms with Gasteiger partial charge in [-0.15, -0.1) is 0 Å². The van der Waals surface area contributed by atoms with E-state index in [9.17, 15) is 8.42 Å². The van der Waals surface area contributed by atoms with Gasteiger partial charge in [0.2, 0.25) is 10.0 Å². The number of carbonyl (C=O) groups is 2. The van der Waals surface area contributed by atoms with E-state index in [0.717, 1.165) is 36.7 Å². The van der Waals surface area contributed by atoms with Crippen molar-refractivity contribution in [3.8, 4) is 11.5 Å². The van der Waals surface area contributed by atoms with E-state index in [4.69, 9.17) is 29.3 Å². The van der Waals surface area contributed by atoms with Gasteiger partial charge in [0.25, 0.3) is 0 Å². The molecule has 1 aliphatic rings. The van der Waals surface area contributed by atoms with Gasteiger partial charge in [-0.05, 0) is 13.0 Å².